The first-order valence-corrected chi connectivity index (χ1v) is 13.7. The number of aromatic nitrogens is 4. The molecule has 0 aliphatic carbocycles. The number of rotatable bonds is 13. The van der Waals surface area contributed by atoms with E-state index in [0.29, 0.717) is 35.4 Å². The lowest BCUT2D eigenvalue weighted by atomic mass is 10.0. The zero-order valence-electron chi connectivity index (χ0n) is 23.6. The number of anilines is 1. The molecule has 0 radical (unpaired) electrons. The number of amides is 1. The summed E-state index contributed by atoms with van der Waals surface area (Å²) in [7, 11) is 0. The third-order valence-electron chi connectivity index (χ3n) is 6.48. The highest BCUT2D eigenvalue weighted by atomic mass is 16.5. The normalized spacial score (nSPS) is 10.9. The highest BCUT2D eigenvalue weighted by molar-refractivity contribution is 6.11. The smallest absolute Gasteiger partial charge is 0.259 e. The van der Waals surface area contributed by atoms with Crippen LogP contribution < -0.4 is 10.1 Å². The van der Waals surface area contributed by atoms with Gasteiger partial charge in [0.25, 0.3) is 17.5 Å². The highest BCUT2D eigenvalue weighted by Crippen LogP contribution is 2.40. The van der Waals surface area contributed by atoms with E-state index in [1.165, 1.54) is 29.5 Å². The number of hydrogen-bond donors (Lipinski definition) is 2. The topological polar surface area (TPSA) is 140 Å². The molecule has 0 aliphatic heterocycles. The minimum absolute atomic E-state index is 0.00344. The molecule has 0 saturated carbocycles. The van der Waals surface area contributed by atoms with Crippen molar-refractivity contribution in [2.24, 2.45) is 10.2 Å². The average Bonchev–Trinajstić information content (AvgIpc) is 3.47. The van der Waals surface area contributed by atoms with E-state index >= 15 is 0 Å². The van der Waals surface area contributed by atoms with Crippen LogP contribution in [-0.4, -0.2) is 44.0 Å². The Balaban J connectivity index is 1.35. The standard InChI is InChI=1S/C32H28N8O4/c1-3-43-18-7-4-8-19-44-24-14-12-23(13-15-24)37-31(42)26-20-22-10-5-6-11-25(22)28(29(26)41)38-39-30-27(33-2)21-36-40(30)32-34-16-9-17-35-32/h3,5-6,9-17,20-21,41H,1,4,7-8,18-19H2,(H,37,42). The largest absolute Gasteiger partial charge is 0.505 e. The summed E-state index contributed by atoms with van der Waals surface area (Å²) in [6.45, 7) is 12.2. The number of nitrogens with zero attached hydrogens (tertiary/aromatic N) is 7. The van der Waals surface area contributed by atoms with E-state index in [0.717, 1.165) is 19.3 Å². The van der Waals surface area contributed by atoms with E-state index in [1.807, 2.05) is 6.07 Å². The van der Waals surface area contributed by atoms with Crippen LogP contribution in [0.4, 0.5) is 22.9 Å². The zero-order chi connectivity index (χ0) is 30.7. The molecular formula is C32H28N8O4. The van der Waals surface area contributed by atoms with Crippen LogP contribution in [0.25, 0.3) is 21.6 Å². The maximum Gasteiger partial charge on any atom is 0.259 e. The molecule has 12 heteroatoms. The number of phenols is 1. The van der Waals surface area contributed by atoms with Crippen LogP contribution in [0.3, 0.4) is 0 Å². The predicted octanol–water partition coefficient (Wildman–Crippen LogP) is 7.45. The summed E-state index contributed by atoms with van der Waals surface area (Å²) >= 11 is 0. The van der Waals surface area contributed by atoms with Crippen molar-refractivity contribution in [1.29, 1.82) is 0 Å². The molecule has 0 bridgehead atoms. The monoisotopic (exact) mass is 588 g/mol. The first-order valence-electron chi connectivity index (χ1n) is 13.7. The van der Waals surface area contributed by atoms with E-state index < -0.39 is 5.91 Å². The van der Waals surface area contributed by atoms with Gasteiger partial charge in [0.1, 0.15) is 11.4 Å². The van der Waals surface area contributed by atoms with Crippen LogP contribution in [0.15, 0.2) is 102 Å². The van der Waals surface area contributed by atoms with Crippen molar-refractivity contribution in [3.63, 3.8) is 0 Å². The third-order valence-corrected chi connectivity index (χ3v) is 6.48. The number of fused-ring (bicyclic) bond motifs is 1. The zero-order valence-corrected chi connectivity index (χ0v) is 23.6. The molecule has 220 valence electrons. The fraction of sp³-hybridized carbons (Fsp3) is 0.156. The van der Waals surface area contributed by atoms with Crippen molar-refractivity contribution in [2.45, 2.75) is 19.3 Å². The van der Waals surface area contributed by atoms with Gasteiger partial charge < -0.3 is 19.9 Å². The van der Waals surface area contributed by atoms with Crippen molar-refractivity contribution < 1.29 is 19.4 Å². The summed E-state index contributed by atoms with van der Waals surface area (Å²) in [6, 6.07) is 17.4. The van der Waals surface area contributed by atoms with Gasteiger partial charge in [0.05, 0.1) is 37.8 Å². The summed E-state index contributed by atoms with van der Waals surface area (Å²) in [5, 5.41) is 28.0. The Bertz CT molecular complexity index is 1830. The molecule has 44 heavy (non-hydrogen) atoms. The van der Waals surface area contributed by atoms with E-state index in [9.17, 15) is 9.90 Å². The number of azo groups is 1. The molecule has 0 unspecified atom stereocenters. The van der Waals surface area contributed by atoms with Crippen molar-refractivity contribution >= 4 is 39.6 Å². The summed E-state index contributed by atoms with van der Waals surface area (Å²) in [5.74, 6) is 0.0536. The molecule has 2 heterocycles. The molecule has 2 N–H and O–H groups in total. The lowest BCUT2D eigenvalue weighted by molar-refractivity contribution is 0.102. The average molecular weight is 589 g/mol. The van der Waals surface area contributed by atoms with Gasteiger partial charge in [-0.05, 0) is 61.0 Å². The number of nitrogens with one attached hydrogen (secondary N) is 1. The highest BCUT2D eigenvalue weighted by Gasteiger charge is 2.20. The number of carbonyl (C=O) groups is 1. The SMILES string of the molecule is [C-]#[N+]c1cnn(-c2ncccn2)c1N=Nc1c(O)c(C(=O)Nc2ccc(OCCCCCOC=C)cc2)cc2ccccc12. The number of aromatic hydroxyl groups is 1. The Hall–Kier alpha value is -6.09. The molecule has 1 amide bonds. The number of ether oxygens (including phenoxy) is 2. The Morgan fingerprint density at radius 3 is 2.59 bits per heavy atom. The summed E-state index contributed by atoms with van der Waals surface area (Å²) in [4.78, 5) is 25.1. The second-order valence-electron chi connectivity index (χ2n) is 9.39. The number of carbonyl (C=O) groups excluding carboxylic acids is 1. The molecule has 0 aliphatic rings. The van der Waals surface area contributed by atoms with Crippen LogP contribution in [0.5, 0.6) is 11.5 Å². The number of unbranched alkanes of at least 4 members (excludes halogenated alkanes) is 2. The van der Waals surface area contributed by atoms with Crippen LogP contribution in [-0.2, 0) is 4.74 Å². The number of phenolic OH excluding ortho intramolecular Hbond substituents is 1. The molecule has 5 aromatic rings. The Morgan fingerprint density at radius 1 is 1.05 bits per heavy atom. The van der Waals surface area contributed by atoms with Crippen molar-refractivity contribution in [3.8, 4) is 17.4 Å². The Morgan fingerprint density at radius 2 is 1.82 bits per heavy atom. The Kier molecular flexibility index (Phi) is 9.48. The molecule has 0 saturated heterocycles. The first-order chi connectivity index (χ1) is 21.6. The van der Waals surface area contributed by atoms with Gasteiger partial charge in [0.2, 0.25) is 0 Å². The molecule has 0 atom stereocenters. The van der Waals surface area contributed by atoms with Gasteiger partial charge in [-0.3, -0.25) is 4.79 Å². The number of benzene rings is 3. The molecule has 2 aromatic heterocycles. The van der Waals surface area contributed by atoms with E-state index in [2.05, 4.69) is 42.0 Å². The van der Waals surface area contributed by atoms with Crippen LogP contribution in [0.2, 0.25) is 0 Å². The molecule has 12 nitrogen and oxygen atoms in total. The van der Waals surface area contributed by atoms with Gasteiger partial charge >= 0.3 is 0 Å². The van der Waals surface area contributed by atoms with Crippen LogP contribution >= 0.6 is 0 Å². The van der Waals surface area contributed by atoms with Crippen molar-refractivity contribution in [3.05, 3.63) is 109 Å². The van der Waals surface area contributed by atoms with Gasteiger partial charge in [0, 0.05) is 23.5 Å². The number of hydrogen-bond acceptors (Lipinski definition) is 9. The van der Waals surface area contributed by atoms with Gasteiger partial charge in [-0.2, -0.15) is 9.78 Å². The first kappa shape index (κ1) is 29.4. The maximum atomic E-state index is 13.3. The molecular weight excluding hydrogens is 560 g/mol. The Labute approximate surface area is 253 Å². The fourth-order valence-corrected chi connectivity index (χ4v) is 4.31. The molecule has 0 fully saturated rings. The van der Waals surface area contributed by atoms with Gasteiger partial charge in [0.15, 0.2) is 11.6 Å². The molecule has 5 rings (SSSR count). The van der Waals surface area contributed by atoms with Crippen molar-refractivity contribution in [2.75, 3.05) is 18.5 Å². The van der Waals surface area contributed by atoms with Gasteiger partial charge in [-0.1, -0.05) is 30.8 Å². The van der Waals surface area contributed by atoms with Crippen LogP contribution in [0, 0.1) is 6.57 Å². The molecule has 0 spiro atoms. The fourth-order valence-electron chi connectivity index (χ4n) is 4.31. The summed E-state index contributed by atoms with van der Waals surface area (Å²) in [6.07, 6.45) is 8.64. The maximum absolute atomic E-state index is 13.3. The second-order valence-corrected chi connectivity index (χ2v) is 9.39. The van der Waals surface area contributed by atoms with Gasteiger partial charge in [-0.15, -0.1) is 10.2 Å². The third kappa shape index (κ3) is 6.85. The molecule has 3 aromatic carbocycles. The van der Waals surface area contributed by atoms with E-state index in [-0.39, 0.29) is 34.5 Å². The summed E-state index contributed by atoms with van der Waals surface area (Å²) < 4.78 is 12.2. The van der Waals surface area contributed by atoms with E-state index in [4.69, 9.17) is 16.0 Å². The predicted molar refractivity (Wildman–Crippen MR) is 165 cm³/mol. The lowest BCUT2D eigenvalue weighted by Crippen LogP contribution is -2.12. The quantitative estimate of drug-likeness (QED) is 0.0630. The van der Waals surface area contributed by atoms with Gasteiger partial charge in [-0.25, -0.2) is 14.8 Å². The lowest BCUT2D eigenvalue weighted by Gasteiger charge is -2.12. The summed E-state index contributed by atoms with van der Waals surface area (Å²) in [5.41, 5.74) is 0.701. The second kappa shape index (κ2) is 14.2. The van der Waals surface area contributed by atoms with Crippen LogP contribution in [0.1, 0.15) is 29.6 Å². The van der Waals surface area contributed by atoms with Crippen molar-refractivity contribution in [1.82, 2.24) is 19.7 Å². The van der Waals surface area contributed by atoms with E-state index in [1.54, 1.807) is 54.6 Å². The minimum Gasteiger partial charge on any atom is -0.505 e. The minimum atomic E-state index is -0.537.